The summed E-state index contributed by atoms with van der Waals surface area (Å²) in [5.74, 6) is 0. The Morgan fingerprint density at radius 2 is 0.847 bits per heavy atom. The second kappa shape index (κ2) is 13.4. The van der Waals surface area contributed by atoms with E-state index in [9.17, 15) is 0 Å². The molecule has 2 heterocycles. The van der Waals surface area contributed by atoms with E-state index in [1.807, 2.05) is 12.4 Å². The van der Waals surface area contributed by atoms with E-state index in [-0.39, 0.29) is 0 Å². The van der Waals surface area contributed by atoms with Crippen LogP contribution in [0.1, 0.15) is 0 Å². The molecule has 0 radical (unpaired) electrons. The average molecular weight is 749 g/mol. The molecule has 2 nitrogen and oxygen atoms in total. The summed E-state index contributed by atoms with van der Waals surface area (Å²) >= 11 is 0. The van der Waals surface area contributed by atoms with E-state index in [0.29, 0.717) is 0 Å². The summed E-state index contributed by atoms with van der Waals surface area (Å²) in [5.41, 5.74) is 13.3. The maximum atomic E-state index is 4.58. The minimum absolute atomic E-state index is 1.14. The van der Waals surface area contributed by atoms with Crippen LogP contribution in [0.3, 0.4) is 0 Å². The smallest absolute Gasteiger partial charge is 0.0620 e. The summed E-state index contributed by atoms with van der Waals surface area (Å²) in [4.78, 5) is 4.58. The molecule has 0 saturated carbocycles. The van der Waals surface area contributed by atoms with Crippen LogP contribution in [0.25, 0.3) is 115 Å². The Hall–Kier alpha value is -7.81. The molecule has 274 valence electrons. The monoisotopic (exact) mass is 748 g/mol. The molecular formula is C57H36N2. The van der Waals surface area contributed by atoms with Gasteiger partial charge in [0.15, 0.2) is 0 Å². The first-order valence-corrected chi connectivity index (χ1v) is 20.3. The molecule has 2 aromatic heterocycles. The Kier molecular flexibility index (Phi) is 7.57. The first-order chi connectivity index (χ1) is 29.3. The Labute approximate surface area is 341 Å². The Morgan fingerprint density at radius 3 is 1.54 bits per heavy atom. The molecule has 0 amide bonds. The lowest BCUT2D eigenvalue weighted by Crippen LogP contribution is -1.94. The van der Waals surface area contributed by atoms with Gasteiger partial charge in [-0.25, -0.2) is 0 Å². The van der Waals surface area contributed by atoms with Crippen molar-refractivity contribution < 1.29 is 0 Å². The minimum Gasteiger partial charge on any atom is -0.309 e. The van der Waals surface area contributed by atoms with Gasteiger partial charge in [-0.05, 0) is 125 Å². The number of nitrogens with zero attached hydrogens (tertiary/aromatic N) is 2. The van der Waals surface area contributed by atoms with Gasteiger partial charge >= 0.3 is 0 Å². The molecule has 0 fully saturated rings. The van der Waals surface area contributed by atoms with E-state index in [2.05, 4.69) is 216 Å². The molecule has 0 N–H and O–H groups in total. The zero-order valence-corrected chi connectivity index (χ0v) is 32.2. The zero-order valence-electron chi connectivity index (χ0n) is 32.2. The number of para-hydroxylation sites is 1. The fourth-order valence-corrected chi connectivity index (χ4v) is 9.58. The summed E-state index contributed by atoms with van der Waals surface area (Å²) in [6, 6.07) is 75.5. The van der Waals surface area contributed by atoms with Crippen molar-refractivity contribution in [3.05, 3.63) is 219 Å². The predicted molar refractivity (Wildman–Crippen MR) is 250 cm³/mol. The van der Waals surface area contributed by atoms with Crippen molar-refractivity contribution in [1.82, 2.24) is 9.55 Å². The van der Waals surface area contributed by atoms with Crippen LogP contribution in [0.4, 0.5) is 0 Å². The Bertz CT molecular complexity index is 3580. The van der Waals surface area contributed by atoms with Crippen molar-refractivity contribution in [1.29, 1.82) is 0 Å². The first-order valence-electron chi connectivity index (χ1n) is 20.3. The van der Waals surface area contributed by atoms with Crippen LogP contribution < -0.4 is 0 Å². The summed E-state index contributed by atoms with van der Waals surface area (Å²) in [7, 11) is 0. The van der Waals surface area contributed by atoms with Crippen molar-refractivity contribution in [3.63, 3.8) is 0 Å². The molecule has 10 aromatic carbocycles. The number of hydrogen-bond acceptors (Lipinski definition) is 1. The molecule has 0 aliphatic heterocycles. The molecule has 12 aromatic rings. The Morgan fingerprint density at radius 1 is 0.322 bits per heavy atom. The zero-order chi connectivity index (χ0) is 38.9. The first kappa shape index (κ1) is 33.3. The van der Waals surface area contributed by atoms with Crippen LogP contribution in [0.5, 0.6) is 0 Å². The topological polar surface area (TPSA) is 17.8 Å². The second-order valence-electron chi connectivity index (χ2n) is 15.5. The molecule has 0 aliphatic carbocycles. The van der Waals surface area contributed by atoms with Gasteiger partial charge in [0, 0.05) is 34.2 Å². The average Bonchev–Trinajstić information content (AvgIpc) is 3.65. The van der Waals surface area contributed by atoms with Gasteiger partial charge in [-0.2, -0.15) is 0 Å². The highest BCUT2D eigenvalue weighted by molar-refractivity contribution is 6.23. The molecule has 0 atom stereocenters. The van der Waals surface area contributed by atoms with E-state index < -0.39 is 0 Å². The molecule has 0 unspecified atom stereocenters. The number of aromatic nitrogens is 2. The van der Waals surface area contributed by atoms with Crippen molar-refractivity contribution in [2.45, 2.75) is 0 Å². The number of benzene rings is 10. The van der Waals surface area contributed by atoms with Gasteiger partial charge < -0.3 is 4.57 Å². The van der Waals surface area contributed by atoms with Gasteiger partial charge in [0.05, 0.1) is 11.0 Å². The number of rotatable bonds is 5. The predicted octanol–water partition coefficient (Wildman–Crippen LogP) is 15.5. The minimum atomic E-state index is 1.14. The lowest BCUT2D eigenvalue weighted by molar-refractivity contribution is 1.18. The SMILES string of the molecule is c1ccc(-c2c3ccccc3c(-c3ccccc3)c3cc(-c4ccc5cc(-c6cc7c8cnccc8n(-c8ccccc8)c7c7ccccc67)ccc5c4)ccc23)cc1. The van der Waals surface area contributed by atoms with Gasteiger partial charge in [-0.3, -0.25) is 4.98 Å². The highest BCUT2D eigenvalue weighted by Gasteiger charge is 2.20. The summed E-state index contributed by atoms with van der Waals surface area (Å²) in [5, 5.41) is 12.3. The summed E-state index contributed by atoms with van der Waals surface area (Å²) < 4.78 is 2.39. The highest BCUT2D eigenvalue weighted by atomic mass is 15.0. The van der Waals surface area contributed by atoms with Crippen LogP contribution in [0, 0.1) is 0 Å². The molecule has 2 heteroatoms. The number of pyridine rings is 1. The van der Waals surface area contributed by atoms with Crippen LogP contribution in [-0.4, -0.2) is 9.55 Å². The third kappa shape index (κ3) is 5.31. The quantitative estimate of drug-likeness (QED) is 0.160. The van der Waals surface area contributed by atoms with Crippen molar-refractivity contribution in [2.24, 2.45) is 0 Å². The fourth-order valence-electron chi connectivity index (χ4n) is 9.58. The van der Waals surface area contributed by atoms with Gasteiger partial charge in [0.2, 0.25) is 0 Å². The third-order valence-electron chi connectivity index (χ3n) is 12.2. The van der Waals surface area contributed by atoms with Crippen LogP contribution in [0.2, 0.25) is 0 Å². The van der Waals surface area contributed by atoms with E-state index in [4.69, 9.17) is 0 Å². The van der Waals surface area contributed by atoms with E-state index in [1.54, 1.807) is 0 Å². The third-order valence-corrected chi connectivity index (χ3v) is 12.2. The molecule has 59 heavy (non-hydrogen) atoms. The van der Waals surface area contributed by atoms with Gasteiger partial charge in [-0.15, -0.1) is 0 Å². The molecule has 0 bridgehead atoms. The highest BCUT2D eigenvalue weighted by Crippen LogP contribution is 2.46. The molecular weight excluding hydrogens is 713 g/mol. The fraction of sp³-hybridized carbons (Fsp3) is 0. The van der Waals surface area contributed by atoms with Crippen molar-refractivity contribution >= 4 is 64.9 Å². The van der Waals surface area contributed by atoms with Crippen molar-refractivity contribution in [3.8, 4) is 50.2 Å². The second-order valence-corrected chi connectivity index (χ2v) is 15.5. The van der Waals surface area contributed by atoms with Crippen molar-refractivity contribution in [2.75, 3.05) is 0 Å². The van der Waals surface area contributed by atoms with E-state index in [0.717, 1.165) is 16.6 Å². The van der Waals surface area contributed by atoms with Gasteiger partial charge in [0.25, 0.3) is 0 Å². The normalized spacial score (nSPS) is 11.7. The Balaban J connectivity index is 1.02. The van der Waals surface area contributed by atoms with Crippen LogP contribution in [-0.2, 0) is 0 Å². The lowest BCUT2D eigenvalue weighted by atomic mass is 9.85. The maximum Gasteiger partial charge on any atom is 0.0620 e. The molecule has 0 spiro atoms. The summed E-state index contributed by atoms with van der Waals surface area (Å²) in [6.45, 7) is 0. The maximum absolute atomic E-state index is 4.58. The lowest BCUT2D eigenvalue weighted by Gasteiger charge is -2.19. The van der Waals surface area contributed by atoms with E-state index >= 15 is 0 Å². The number of hydrogen-bond donors (Lipinski definition) is 0. The summed E-state index contributed by atoms with van der Waals surface area (Å²) in [6.07, 6.45) is 3.91. The largest absolute Gasteiger partial charge is 0.309 e. The van der Waals surface area contributed by atoms with Crippen LogP contribution in [0.15, 0.2) is 219 Å². The molecule has 12 rings (SSSR count). The van der Waals surface area contributed by atoms with Gasteiger partial charge in [-0.1, -0.05) is 164 Å². The standard InChI is InChI=1S/C57H36N2/c1-4-14-37(15-5-1)55-46-21-11-12-22-47(46)56(38-16-6-2-7-17-38)51-34-42(28-29-48(51)55)40-24-25-41-33-43(27-26-39(41)32-40)50-35-52-53-36-58-31-30-54(53)59(44-18-8-3-9-19-44)57(52)49-23-13-10-20-45(49)50/h1-36H. The molecule has 0 saturated heterocycles. The van der Waals surface area contributed by atoms with Gasteiger partial charge in [0.1, 0.15) is 0 Å². The van der Waals surface area contributed by atoms with Crippen LogP contribution >= 0.6 is 0 Å². The number of fused-ring (bicyclic) bond motifs is 8. The molecule has 0 aliphatic rings. The van der Waals surface area contributed by atoms with E-state index in [1.165, 1.54) is 98.5 Å².